The lowest BCUT2D eigenvalue weighted by molar-refractivity contribution is -0.138. The zero-order chi connectivity index (χ0) is 71.7. The summed E-state index contributed by atoms with van der Waals surface area (Å²) < 4.78 is 0. The van der Waals surface area contributed by atoms with Gasteiger partial charge in [-0.05, 0) is 83.0 Å². The molecule has 14 atom stereocenters. The number of phenols is 1. The van der Waals surface area contributed by atoms with E-state index in [1.165, 1.54) is 31.2 Å². The minimum Gasteiger partial charge on any atom is -0.508 e. The number of amides is 15. The number of aliphatic hydroxyl groups excluding tert-OH is 4. The number of phenolic OH excluding ortho intramolecular Hbond substituents is 1. The highest BCUT2D eigenvalue weighted by atomic mass is 16.4. The molecule has 15 amide bonds. The van der Waals surface area contributed by atoms with Crippen LogP contribution in [0.15, 0.2) is 24.3 Å². The molecule has 0 aliphatic rings. The molecule has 526 valence electrons. The number of hydrogen-bond donors (Lipinski definition) is 22. The number of primary amides is 3. The second-order valence-corrected chi connectivity index (χ2v) is 22.0. The van der Waals surface area contributed by atoms with Crippen molar-refractivity contribution >= 4 is 94.6 Å². The summed E-state index contributed by atoms with van der Waals surface area (Å²) in [5.74, 6) is -18.6. The van der Waals surface area contributed by atoms with E-state index in [0.717, 1.165) is 20.8 Å². The number of aliphatic carboxylic acids is 1. The van der Waals surface area contributed by atoms with E-state index in [4.69, 9.17) is 28.0 Å². The van der Waals surface area contributed by atoms with Crippen LogP contribution in [0.2, 0.25) is 0 Å². The summed E-state index contributed by atoms with van der Waals surface area (Å²) in [7, 11) is 0. The lowest BCUT2D eigenvalue weighted by Gasteiger charge is -2.29. The molecule has 1 rings (SSSR count). The Morgan fingerprint density at radius 3 is 1.32 bits per heavy atom. The normalized spacial score (nSPS) is 15.4. The predicted molar refractivity (Wildman–Crippen MR) is 326 cm³/mol. The van der Waals surface area contributed by atoms with Gasteiger partial charge in [-0.1, -0.05) is 32.4 Å². The van der Waals surface area contributed by atoms with Crippen LogP contribution in [0.3, 0.4) is 0 Å². The molecule has 1 aromatic rings. The van der Waals surface area contributed by atoms with Gasteiger partial charge >= 0.3 is 5.97 Å². The molecule has 0 saturated heterocycles. The van der Waals surface area contributed by atoms with Crippen molar-refractivity contribution in [1.29, 1.82) is 0 Å². The van der Waals surface area contributed by atoms with Gasteiger partial charge in [0.15, 0.2) is 0 Å². The summed E-state index contributed by atoms with van der Waals surface area (Å²) in [5, 5.41) is 87.2. The molecule has 0 bridgehead atoms. The summed E-state index contributed by atoms with van der Waals surface area (Å²) in [6, 6.07) is -15.0. The molecular formula is C56H90N16O22. The maximum Gasteiger partial charge on any atom is 0.303 e. The van der Waals surface area contributed by atoms with E-state index in [0.29, 0.717) is 6.42 Å². The zero-order valence-corrected chi connectivity index (χ0v) is 52.8. The smallest absolute Gasteiger partial charge is 0.303 e. The lowest BCUT2D eigenvalue weighted by atomic mass is 9.97. The van der Waals surface area contributed by atoms with Crippen molar-refractivity contribution in [3.63, 3.8) is 0 Å². The van der Waals surface area contributed by atoms with Crippen LogP contribution in [0.1, 0.15) is 105 Å². The largest absolute Gasteiger partial charge is 0.508 e. The molecule has 94 heavy (non-hydrogen) atoms. The molecule has 0 unspecified atom stereocenters. The number of carbonyl (C=O) groups is 16. The van der Waals surface area contributed by atoms with E-state index >= 15 is 0 Å². The van der Waals surface area contributed by atoms with E-state index in [9.17, 15) is 102 Å². The SMILES string of the molecule is CC[C@H](C)[C@H](NC(=O)[C@H](CCCCN)NC(=O)[C@H](CC(N)=O)NC(=O)[C@H](C)NC(C)=O)C(=O)N[C@@H](CO)C(=O)N[C@@H](Cc1ccc(O)cc1)C(=O)N[C@@H](CCC(N)=O)C(=O)N[C@@H](CO)C(=O)N[C@@H](C)C(=O)N[C@@H](CO)C(=O)N[C@H](C(=O)N[C@@H](CCC(=O)O)C(N)=O)[C@@H](C)O. The Labute approximate surface area is 539 Å². The first kappa shape index (κ1) is 82.4. The Balaban J connectivity index is 3.48. The molecule has 1 aromatic carbocycles. The van der Waals surface area contributed by atoms with Gasteiger partial charge in [-0.3, -0.25) is 76.7 Å². The highest BCUT2D eigenvalue weighted by Crippen LogP contribution is 2.15. The molecule has 38 nitrogen and oxygen atoms in total. The third-order valence-electron chi connectivity index (χ3n) is 14.1. The van der Waals surface area contributed by atoms with Crippen LogP contribution in [-0.4, -0.2) is 230 Å². The molecule has 0 aliphatic heterocycles. The topological polar surface area (TPSA) is 643 Å². The number of nitrogens with two attached hydrogens (primary N) is 4. The van der Waals surface area contributed by atoms with Crippen LogP contribution in [0, 0.1) is 5.92 Å². The number of rotatable bonds is 44. The molecule has 0 aromatic heterocycles. The Kier molecular flexibility index (Phi) is 36.6. The minimum atomic E-state index is -1.95. The van der Waals surface area contributed by atoms with Crippen molar-refractivity contribution in [2.45, 2.75) is 184 Å². The molecule has 38 heteroatoms. The minimum absolute atomic E-state index is 0.0942. The highest BCUT2D eigenvalue weighted by Gasteiger charge is 2.38. The third kappa shape index (κ3) is 29.7. The van der Waals surface area contributed by atoms with Gasteiger partial charge < -0.3 is 117 Å². The monoisotopic (exact) mass is 1340 g/mol. The third-order valence-corrected chi connectivity index (χ3v) is 14.1. The molecule has 0 saturated carbocycles. The zero-order valence-electron chi connectivity index (χ0n) is 52.8. The maximum atomic E-state index is 14.3. The Morgan fingerprint density at radius 2 is 0.840 bits per heavy atom. The van der Waals surface area contributed by atoms with E-state index in [1.807, 2.05) is 0 Å². The number of carboxylic acids is 1. The van der Waals surface area contributed by atoms with Crippen molar-refractivity contribution in [3.8, 4) is 5.75 Å². The molecule has 0 spiro atoms. The highest BCUT2D eigenvalue weighted by molar-refractivity contribution is 6.00. The number of carboxylic acid groups (broad SMARTS) is 1. The van der Waals surface area contributed by atoms with Gasteiger partial charge in [-0.2, -0.15) is 0 Å². The summed E-state index contributed by atoms with van der Waals surface area (Å²) in [6.45, 7) is 4.42. The molecule has 0 fully saturated rings. The van der Waals surface area contributed by atoms with Crippen LogP contribution >= 0.6 is 0 Å². The van der Waals surface area contributed by atoms with Crippen LogP contribution in [0.25, 0.3) is 0 Å². The quantitative estimate of drug-likeness (QED) is 0.0270. The van der Waals surface area contributed by atoms with Crippen molar-refractivity contribution < 1.29 is 107 Å². The van der Waals surface area contributed by atoms with Crippen LogP contribution in [0.5, 0.6) is 5.75 Å². The Bertz CT molecular complexity index is 2830. The number of unbranched alkanes of at least 4 members (excludes halogenated alkanes) is 1. The fraction of sp³-hybridized carbons (Fsp3) is 0.607. The van der Waals surface area contributed by atoms with Crippen LogP contribution in [0.4, 0.5) is 0 Å². The van der Waals surface area contributed by atoms with Gasteiger partial charge in [0.25, 0.3) is 0 Å². The Morgan fingerprint density at radius 1 is 0.447 bits per heavy atom. The van der Waals surface area contributed by atoms with Crippen LogP contribution in [-0.2, 0) is 83.1 Å². The van der Waals surface area contributed by atoms with E-state index in [-0.39, 0.29) is 37.1 Å². The molecule has 0 radical (unpaired) electrons. The summed E-state index contributed by atoms with van der Waals surface area (Å²) >= 11 is 0. The number of nitrogens with one attached hydrogen (secondary N) is 12. The van der Waals surface area contributed by atoms with Crippen LogP contribution < -0.4 is 86.7 Å². The van der Waals surface area contributed by atoms with Crippen molar-refractivity contribution in [2.24, 2.45) is 28.9 Å². The average Bonchev–Trinajstić information content (AvgIpc) is 0.945. The molecule has 0 aliphatic carbocycles. The number of aliphatic hydroxyl groups is 4. The lowest BCUT2D eigenvalue weighted by Crippen LogP contribution is -2.62. The number of hydrogen-bond acceptors (Lipinski definition) is 22. The first-order valence-electron chi connectivity index (χ1n) is 29.7. The summed E-state index contributed by atoms with van der Waals surface area (Å²) in [4.78, 5) is 208. The van der Waals surface area contributed by atoms with Gasteiger partial charge in [0.2, 0.25) is 88.6 Å². The first-order chi connectivity index (χ1) is 44.0. The van der Waals surface area contributed by atoms with E-state index in [1.54, 1.807) is 13.8 Å². The fourth-order valence-corrected chi connectivity index (χ4v) is 8.51. The van der Waals surface area contributed by atoms with Gasteiger partial charge in [0.05, 0.1) is 32.3 Å². The van der Waals surface area contributed by atoms with Gasteiger partial charge in [-0.25, -0.2) is 0 Å². The summed E-state index contributed by atoms with van der Waals surface area (Å²) in [5.41, 5.74) is 21.9. The van der Waals surface area contributed by atoms with Crippen molar-refractivity contribution in [2.75, 3.05) is 26.4 Å². The number of benzene rings is 1. The van der Waals surface area contributed by atoms with Crippen molar-refractivity contribution in [1.82, 2.24) is 63.8 Å². The molecule has 0 heterocycles. The Hall–Kier alpha value is -9.66. The number of carbonyl (C=O) groups excluding carboxylic acids is 15. The van der Waals surface area contributed by atoms with Gasteiger partial charge in [0, 0.05) is 26.2 Å². The van der Waals surface area contributed by atoms with E-state index < -0.39 is 237 Å². The predicted octanol–water partition coefficient (Wildman–Crippen LogP) is -10.2. The second kappa shape index (κ2) is 41.7. The van der Waals surface area contributed by atoms with E-state index in [2.05, 4.69) is 63.8 Å². The molecular weight excluding hydrogens is 1250 g/mol. The van der Waals surface area contributed by atoms with Gasteiger partial charge in [-0.15, -0.1) is 0 Å². The van der Waals surface area contributed by atoms with Gasteiger partial charge in [0.1, 0.15) is 78.3 Å². The maximum absolute atomic E-state index is 14.3. The molecule has 26 N–H and O–H groups in total. The summed E-state index contributed by atoms with van der Waals surface area (Å²) in [6.07, 6.45) is -4.44. The average molecular weight is 1340 g/mol. The van der Waals surface area contributed by atoms with Crippen molar-refractivity contribution in [3.05, 3.63) is 29.8 Å². The standard InChI is InChI=1S/C56H90N16O22/c1-7-25(2)43(71-49(87)33(10-8-9-19-57)64-51(89)36(21-41(59)80)66-46(84)26(3)61-29(6)77)55(93)70-38(23-74)53(91)67-35(20-30-11-13-31(78)14-12-30)50(88)65-34(15-17-40(58)79)48(86)69-37(22-73)52(90)62-27(4)47(85)68-39(24-75)54(92)72-44(28(5)76)56(94)63-32(45(60)83)16-18-42(81)82/h11-14,25-28,32-39,43-44,73-76,78H,7-10,15-24,57H2,1-6H3,(H2,58,79)(H2,59,80)(H2,60,83)(H,61,77)(H,62,90)(H,63,94)(H,64,89)(H,65,88)(H,66,84)(H,67,91)(H,68,85)(H,69,86)(H,70,93)(H,71,87)(H,72,92)(H,81,82)/t25-,26-,27-,28+,32-,33-,34-,35-,36-,37-,38-,39-,43-,44-/m0/s1. The first-order valence-corrected chi connectivity index (χ1v) is 29.7. The fourth-order valence-electron chi connectivity index (χ4n) is 8.51. The number of aromatic hydroxyl groups is 1. The second-order valence-electron chi connectivity index (χ2n) is 22.0.